The number of phenolic OH excluding ortho intramolecular Hbond substituents is 1. The molecule has 1 aromatic rings. The van der Waals surface area contributed by atoms with Crippen LogP contribution in [-0.4, -0.2) is 36.2 Å². The zero-order chi connectivity index (χ0) is 14.1. The van der Waals surface area contributed by atoms with Gasteiger partial charge in [0.1, 0.15) is 5.75 Å². The molecule has 1 aromatic carbocycles. The Labute approximate surface area is 172 Å². The van der Waals surface area contributed by atoms with Crippen molar-refractivity contribution in [1.82, 2.24) is 10.2 Å². The summed E-state index contributed by atoms with van der Waals surface area (Å²) in [6.45, 7) is 4.29. The number of benzene rings is 1. The average molecular weight is 571 g/mol. The summed E-state index contributed by atoms with van der Waals surface area (Å²) in [7, 11) is 0. The Morgan fingerprint density at radius 1 is 1.14 bits per heavy atom. The largest absolute Gasteiger partial charge is 0.506 e. The van der Waals surface area contributed by atoms with Crippen LogP contribution in [0.1, 0.15) is 30.9 Å². The van der Waals surface area contributed by atoms with Crippen LogP contribution in [0.5, 0.6) is 5.75 Å². The quantitative estimate of drug-likeness (QED) is 0.535. The third-order valence-corrected chi connectivity index (χ3v) is 5.96. The average Bonchev–Trinajstić information content (AvgIpc) is 2.39. The molecule has 22 heavy (non-hydrogen) atoms. The maximum Gasteiger partial charge on any atom is 0.133 e. The molecule has 1 saturated carbocycles. The van der Waals surface area contributed by atoms with E-state index in [0.717, 1.165) is 35.3 Å². The van der Waals surface area contributed by atoms with E-state index in [-0.39, 0.29) is 24.8 Å². The molecular formula is C15H22Cl2I2N2O. The Kier molecular flexibility index (Phi) is 9.04. The van der Waals surface area contributed by atoms with Crippen molar-refractivity contribution in [1.29, 1.82) is 0 Å². The second-order valence-corrected chi connectivity index (χ2v) is 8.16. The second kappa shape index (κ2) is 9.46. The lowest BCUT2D eigenvalue weighted by molar-refractivity contribution is 0.0818. The third-order valence-electron chi connectivity index (χ3n) is 4.52. The summed E-state index contributed by atoms with van der Waals surface area (Å²) < 4.78 is 2.20. The van der Waals surface area contributed by atoms with Gasteiger partial charge in [0.05, 0.1) is 3.57 Å². The molecule has 0 unspecified atom stereocenters. The fraction of sp³-hybridized carbons (Fsp3) is 0.600. The van der Waals surface area contributed by atoms with E-state index in [1.54, 1.807) is 0 Å². The molecule has 2 aliphatic rings. The van der Waals surface area contributed by atoms with Crippen LogP contribution in [0.3, 0.4) is 0 Å². The molecule has 2 fully saturated rings. The van der Waals surface area contributed by atoms with E-state index in [0.29, 0.717) is 17.7 Å². The van der Waals surface area contributed by atoms with Crippen molar-refractivity contribution in [2.45, 2.75) is 25.3 Å². The third kappa shape index (κ3) is 4.53. The minimum absolute atomic E-state index is 0. The molecular weight excluding hydrogens is 549 g/mol. The van der Waals surface area contributed by atoms with Crippen molar-refractivity contribution in [3.8, 4) is 5.75 Å². The molecule has 1 aliphatic carbocycles. The van der Waals surface area contributed by atoms with Gasteiger partial charge in [-0.25, -0.2) is 0 Å². The molecule has 3 rings (SSSR count). The molecule has 0 spiro atoms. The van der Waals surface area contributed by atoms with E-state index in [9.17, 15) is 5.11 Å². The molecule has 3 nitrogen and oxygen atoms in total. The summed E-state index contributed by atoms with van der Waals surface area (Å²) in [5.74, 6) is 1.22. The van der Waals surface area contributed by atoms with Crippen molar-refractivity contribution in [3.05, 3.63) is 24.8 Å². The molecule has 0 radical (unpaired) electrons. The standard InChI is InChI=1S/C15H20I2N2O.2ClH/c16-11-8-12(15(20)13(17)9-11)14(10-2-1-3-10)19-6-4-18-5-7-19;;/h8-10,14,18,20H,1-7H2;2*1H/t14-;;/m1../s1. The molecule has 2 N–H and O–H groups in total. The molecule has 1 heterocycles. The number of hydrogen-bond donors (Lipinski definition) is 2. The van der Waals surface area contributed by atoms with Crippen LogP contribution in [0, 0.1) is 13.1 Å². The Morgan fingerprint density at radius 2 is 1.77 bits per heavy atom. The first kappa shape index (κ1) is 21.0. The minimum Gasteiger partial charge on any atom is -0.506 e. The predicted molar refractivity (Wildman–Crippen MR) is 113 cm³/mol. The van der Waals surface area contributed by atoms with E-state index >= 15 is 0 Å². The molecule has 1 atom stereocenters. The topological polar surface area (TPSA) is 35.5 Å². The summed E-state index contributed by atoms with van der Waals surface area (Å²) in [4.78, 5) is 2.57. The first-order valence-electron chi connectivity index (χ1n) is 7.29. The second-order valence-electron chi connectivity index (χ2n) is 5.75. The fourth-order valence-corrected chi connectivity index (χ4v) is 5.17. The number of piperazine rings is 1. The maximum absolute atomic E-state index is 10.5. The molecule has 7 heteroatoms. The van der Waals surface area contributed by atoms with Gasteiger partial charge in [0.25, 0.3) is 0 Å². The number of nitrogens with one attached hydrogen (secondary N) is 1. The SMILES string of the molecule is Cl.Cl.Oc1c(I)cc(I)cc1[C@@H](C1CCC1)N1CCNCC1. The predicted octanol–water partition coefficient (Wildman–Crippen LogP) is 4.19. The van der Waals surface area contributed by atoms with Gasteiger partial charge in [-0.3, -0.25) is 4.90 Å². The zero-order valence-corrected chi connectivity index (χ0v) is 18.2. The molecule has 126 valence electrons. The molecule has 0 amide bonds. The lowest BCUT2D eigenvalue weighted by Gasteiger charge is -2.43. The van der Waals surface area contributed by atoms with E-state index in [1.807, 2.05) is 0 Å². The molecule has 1 saturated heterocycles. The van der Waals surface area contributed by atoms with Gasteiger partial charge in [0.15, 0.2) is 0 Å². The van der Waals surface area contributed by atoms with Crippen LogP contribution in [0.15, 0.2) is 12.1 Å². The van der Waals surface area contributed by atoms with Gasteiger partial charge < -0.3 is 10.4 Å². The molecule has 0 bridgehead atoms. The summed E-state index contributed by atoms with van der Waals surface area (Å²) in [5.41, 5.74) is 1.15. The Bertz CT molecular complexity index is 495. The van der Waals surface area contributed by atoms with Crippen molar-refractivity contribution in [2.75, 3.05) is 26.2 Å². The van der Waals surface area contributed by atoms with Crippen LogP contribution in [0.2, 0.25) is 0 Å². The summed E-state index contributed by atoms with van der Waals surface area (Å²) in [6.07, 6.45) is 3.95. The van der Waals surface area contributed by atoms with Gasteiger partial charge >= 0.3 is 0 Å². The lowest BCUT2D eigenvalue weighted by atomic mass is 9.76. The van der Waals surface area contributed by atoms with Crippen LogP contribution in [-0.2, 0) is 0 Å². The van der Waals surface area contributed by atoms with Crippen molar-refractivity contribution in [2.24, 2.45) is 5.92 Å². The number of rotatable bonds is 3. The summed E-state index contributed by atoms with van der Waals surface area (Å²) >= 11 is 4.61. The first-order valence-corrected chi connectivity index (χ1v) is 9.45. The molecule has 1 aliphatic heterocycles. The number of nitrogens with zero attached hydrogens (tertiary/aromatic N) is 1. The molecule has 0 aromatic heterocycles. The van der Waals surface area contributed by atoms with E-state index in [4.69, 9.17) is 0 Å². The fourth-order valence-electron chi connectivity index (χ4n) is 3.28. The highest BCUT2D eigenvalue weighted by molar-refractivity contribution is 14.1. The van der Waals surface area contributed by atoms with Gasteiger partial charge in [-0.15, -0.1) is 24.8 Å². The summed E-state index contributed by atoms with van der Waals surface area (Å²) in [5, 5.41) is 14.0. The zero-order valence-electron chi connectivity index (χ0n) is 12.2. The number of aromatic hydroxyl groups is 1. The number of hydrogen-bond acceptors (Lipinski definition) is 3. The highest BCUT2D eigenvalue weighted by atomic mass is 127. The van der Waals surface area contributed by atoms with E-state index in [1.165, 1.54) is 22.8 Å². The van der Waals surface area contributed by atoms with Crippen LogP contribution in [0.4, 0.5) is 0 Å². The number of halogens is 4. The highest BCUT2D eigenvalue weighted by Crippen LogP contribution is 2.45. The Hall–Kier alpha value is 0.980. The maximum atomic E-state index is 10.5. The Balaban J connectivity index is 0.00000121. The lowest BCUT2D eigenvalue weighted by Crippen LogP contribution is -2.47. The van der Waals surface area contributed by atoms with Gasteiger partial charge in [0, 0.05) is 41.4 Å². The highest BCUT2D eigenvalue weighted by Gasteiger charge is 2.35. The van der Waals surface area contributed by atoms with Crippen molar-refractivity contribution < 1.29 is 5.11 Å². The smallest absolute Gasteiger partial charge is 0.133 e. The van der Waals surface area contributed by atoms with Crippen LogP contribution >= 0.6 is 70.0 Å². The van der Waals surface area contributed by atoms with Gasteiger partial charge in [0.2, 0.25) is 0 Å². The van der Waals surface area contributed by atoms with Gasteiger partial charge in [-0.2, -0.15) is 0 Å². The first-order chi connectivity index (χ1) is 9.66. The van der Waals surface area contributed by atoms with Gasteiger partial charge in [-0.1, -0.05) is 6.42 Å². The normalized spacial score (nSPS) is 20.5. The van der Waals surface area contributed by atoms with Crippen molar-refractivity contribution >= 4 is 70.0 Å². The Morgan fingerprint density at radius 3 is 2.32 bits per heavy atom. The van der Waals surface area contributed by atoms with E-state index < -0.39 is 0 Å². The van der Waals surface area contributed by atoms with Crippen LogP contribution < -0.4 is 5.32 Å². The number of phenols is 1. The minimum atomic E-state index is 0. The van der Waals surface area contributed by atoms with Crippen molar-refractivity contribution in [3.63, 3.8) is 0 Å². The monoisotopic (exact) mass is 570 g/mol. The van der Waals surface area contributed by atoms with Gasteiger partial charge in [-0.05, 0) is 76.1 Å². The summed E-state index contributed by atoms with van der Waals surface area (Å²) in [6, 6.07) is 4.63. The van der Waals surface area contributed by atoms with E-state index in [2.05, 4.69) is 67.5 Å². The van der Waals surface area contributed by atoms with Crippen LogP contribution in [0.25, 0.3) is 0 Å².